The molecule has 0 saturated heterocycles. The van der Waals surface area contributed by atoms with Crippen molar-refractivity contribution in [3.8, 4) is 28.7 Å². The lowest BCUT2D eigenvalue weighted by molar-refractivity contribution is -0.137. The summed E-state index contributed by atoms with van der Waals surface area (Å²) >= 11 is 0. The summed E-state index contributed by atoms with van der Waals surface area (Å²) in [6.07, 6.45) is -3.97. The lowest BCUT2D eigenvalue weighted by Crippen LogP contribution is -2.42. The molecule has 1 atom stereocenters. The average Bonchev–Trinajstić information content (AvgIpc) is 2.93. The van der Waals surface area contributed by atoms with Crippen LogP contribution in [0, 0.1) is 0 Å². The van der Waals surface area contributed by atoms with Crippen molar-refractivity contribution in [3.63, 3.8) is 0 Å². The van der Waals surface area contributed by atoms with E-state index in [1.807, 2.05) is 6.07 Å². The standard InChI is InChI=1S/C28H28F3NO6/c1-34-23-9-8-18(13-24(23)35-2)27(33)32-11-10-17-12-25(36-3)26(37-4)15-21(17)22(32)16-38-20-7-5-6-19(14-20)28(29,30)31/h5-9,12-15,22H,10-11,16H2,1-4H3. The minimum atomic E-state index is -4.50. The minimum absolute atomic E-state index is 0.0472. The van der Waals surface area contributed by atoms with E-state index < -0.39 is 17.8 Å². The van der Waals surface area contributed by atoms with Crippen LogP contribution in [-0.2, 0) is 12.6 Å². The predicted octanol–water partition coefficient (Wildman–Crippen LogP) is 5.56. The predicted molar refractivity (Wildman–Crippen MR) is 134 cm³/mol. The lowest BCUT2D eigenvalue weighted by atomic mass is 9.91. The summed E-state index contributed by atoms with van der Waals surface area (Å²) in [6, 6.07) is 12.5. The molecule has 3 aromatic rings. The molecule has 0 N–H and O–H groups in total. The van der Waals surface area contributed by atoms with Crippen LogP contribution in [0.1, 0.15) is 33.1 Å². The van der Waals surface area contributed by atoms with Gasteiger partial charge in [0, 0.05) is 12.1 Å². The van der Waals surface area contributed by atoms with Gasteiger partial charge in [0.2, 0.25) is 0 Å². The maximum Gasteiger partial charge on any atom is 0.416 e. The van der Waals surface area contributed by atoms with Crippen molar-refractivity contribution in [3.05, 3.63) is 76.9 Å². The van der Waals surface area contributed by atoms with Gasteiger partial charge in [-0.1, -0.05) is 6.07 Å². The molecule has 1 amide bonds. The van der Waals surface area contributed by atoms with Gasteiger partial charge < -0.3 is 28.6 Å². The SMILES string of the molecule is COc1ccc(C(=O)N2CCc3cc(OC)c(OC)cc3C2COc2cccc(C(F)(F)F)c2)cc1OC. The Morgan fingerprint density at radius 1 is 0.868 bits per heavy atom. The Bertz CT molecular complexity index is 1310. The number of halogens is 3. The molecule has 1 unspecified atom stereocenters. The number of amides is 1. The van der Waals surface area contributed by atoms with Gasteiger partial charge in [-0.25, -0.2) is 0 Å². The minimum Gasteiger partial charge on any atom is -0.493 e. The summed E-state index contributed by atoms with van der Waals surface area (Å²) in [5, 5.41) is 0. The summed E-state index contributed by atoms with van der Waals surface area (Å²) in [6.45, 7) is 0.273. The fourth-order valence-corrected chi connectivity index (χ4v) is 4.52. The van der Waals surface area contributed by atoms with Crippen molar-refractivity contribution in [2.24, 2.45) is 0 Å². The molecule has 0 radical (unpaired) electrons. The second kappa shape index (κ2) is 11.1. The fraction of sp³-hybridized carbons (Fsp3) is 0.321. The summed E-state index contributed by atoms with van der Waals surface area (Å²) in [5.74, 6) is 1.66. The molecule has 1 aliphatic heterocycles. The fourth-order valence-electron chi connectivity index (χ4n) is 4.52. The number of ether oxygens (including phenoxy) is 5. The Labute approximate surface area is 218 Å². The first-order valence-corrected chi connectivity index (χ1v) is 11.8. The Morgan fingerprint density at radius 3 is 2.18 bits per heavy atom. The summed E-state index contributed by atoms with van der Waals surface area (Å²) in [7, 11) is 6.03. The molecule has 4 rings (SSSR count). The number of benzene rings is 3. The molecule has 0 aromatic heterocycles. The smallest absolute Gasteiger partial charge is 0.416 e. The number of nitrogens with zero attached hydrogens (tertiary/aromatic N) is 1. The number of alkyl halides is 3. The molecule has 0 saturated carbocycles. The van der Waals surface area contributed by atoms with Crippen molar-refractivity contribution >= 4 is 5.91 Å². The topological polar surface area (TPSA) is 66.5 Å². The van der Waals surface area contributed by atoms with Crippen LogP contribution in [-0.4, -0.2) is 52.4 Å². The first kappa shape index (κ1) is 27.0. The molecule has 3 aromatic carbocycles. The Kier molecular flexibility index (Phi) is 7.89. The van der Waals surface area contributed by atoms with E-state index in [-0.39, 0.29) is 18.3 Å². The maximum atomic E-state index is 13.7. The second-order valence-corrected chi connectivity index (χ2v) is 8.58. The zero-order valence-corrected chi connectivity index (χ0v) is 21.4. The monoisotopic (exact) mass is 531 g/mol. The van der Waals surface area contributed by atoms with Gasteiger partial charge in [0.1, 0.15) is 12.4 Å². The highest BCUT2D eigenvalue weighted by Gasteiger charge is 2.34. The largest absolute Gasteiger partial charge is 0.493 e. The third-order valence-electron chi connectivity index (χ3n) is 6.46. The molecule has 0 fully saturated rings. The lowest BCUT2D eigenvalue weighted by Gasteiger charge is -2.37. The highest BCUT2D eigenvalue weighted by atomic mass is 19.4. The second-order valence-electron chi connectivity index (χ2n) is 8.58. The maximum absolute atomic E-state index is 13.7. The van der Waals surface area contributed by atoms with Gasteiger partial charge >= 0.3 is 6.18 Å². The third-order valence-corrected chi connectivity index (χ3v) is 6.46. The van der Waals surface area contributed by atoms with E-state index in [0.717, 1.165) is 23.3 Å². The van der Waals surface area contributed by atoms with E-state index in [4.69, 9.17) is 23.7 Å². The zero-order chi connectivity index (χ0) is 27.4. The van der Waals surface area contributed by atoms with Gasteiger partial charge in [-0.15, -0.1) is 0 Å². The molecule has 1 heterocycles. The highest BCUT2D eigenvalue weighted by Crippen LogP contribution is 2.40. The Balaban J connectivity index is 1.71. The van der Waals surface area contributed by atoms with Gasteiger partial charge in [0.15, 0.2) is 23.0 Å². The molecule has 0 bridgehead atoms. The van der Waals surface area contributed by atoms with Crippen LogP contribution in [0.2, 0.25) is 0 Å². The summed E-state index contributed by atoms with van der Waals surface area (Å²) < 4.78 is 67.1. The van der Waals surface area contributed by atoms with Gasteiger partial charge in [-0.2, -0.15) is 13.2 Å². The van der Waals surface area contributed by atoms with Crippen LogP contribution >= 0.6 is 0 Å². The van der Waals surface area contributed by atoms with Crippen LogP contribution in [0.15, 0.2) is 54.6 Å². The van der Waals surface area contributed by atoms with E-state index in [9.17, 15) is 18.0 Å². The molecule has 7 nitrogen and oxygen atoms in total. The van der Waals surface area contributed by atoms with Crippen molar-refractivity contribution < 1.29 is 41.7 Å². The molecular weight excluding hydrogens is 503 g/mol. The van der Waals surface area contributed by atoms with Crippen molar-refractivity contribution in [2.75, 3.05) is 41.6 Å². The van der Waals surface area contributed by atoms with E-state index in [1.165, 1.54) is 40.6 Å². The number of hydrogen-bond donors (Lipinski definition) is 0. The summed E-state index contributed by atoms with van der Waals surface area (Å²) in [5.41, 5.74) is 1.24. The number of methoxy groups -OCH3 is 4. The normalized spacial score (nSPS) is 14.9. The summed E-state index contributed by atoms with van der Waals surface area (Å²) in [4.78, 5) is 15.4. The zero-order valence-electron chi connectivity index (χ0n) is 21.4. The van der Waals surface area contributed by atoms with Crippen LogP contribution in [0.3, 0.4) is 0 Å². The van der Waals surface area contributed by atoms with Gasteiger partial charge in [0.25, 0.3) is 5.91 Å². The Morgan fingerprint density at radius 2 is 1.53 bits per heavy atom. The number of carbonyl (C=O) groups excluding carboxylic acids is 1. The molecular formula is C28H28F3NO6. The van der Waals surface area contributed by atoms with Gasteiger partial charge in [0.05, 0.1) is 40.0 Å². The van der Waals surface area contributed by atoms with Crippen molar-refractivity contribution in [2.45, 2.75) is 18.6 Å². The number of fused-ring (bicyclic) bond motifs is 1. The molecule has 38 heavy (non-hydrogen) atoms. The number of hydrogen-bond acceptors (Lipinski definition) is 6. The van der Waals surface area contributed by atoms with E-state index in [1.54, 1.807) is 29.2 Å². The van der Waals surface area contributed by atoms with E-state index >= 15 is 0 Å². The third kappa shape index (κ3) is 5.44. The average molecular weight is 532 g/mol. The van der Waals surface area contributed by atoms with Crippen LogP contribution in [0.5, 0.6) is 28.7 Å². The van der Waals surface area contributed by atoms with E-state index in [2.05, 4.69) is 0 Å². The van der Waals surface area contributed by atoms with Crippen LogP contribution < -0.4 is 23.7 Å². The van der Waals surface area contributed by atoms with Crippen LogP contribution in [0.4, 0.5) is 13.2 Å². The van der Waals surface area contributed by atoms with Crippen LogP contribution in [0.25, 0.3) is 0 Å². The molecule has 10 heteroatoms. The first-order valence-electron chi connectivity index (χ1n) is 11.8. The van der Waals surface area contributed by atoms with Gasteiger partial charge in [-0.05, 0) is 66.1 Å². The van der Waals surface area contributed by atoms with Crippen molar-refractivity contribution in [1.82, 2.24) is 4.90 Å². The highest BCUT2D eigenvalue weighted by molar-refractivity contribution is 5.95. The number of rotatable bonds is 8. The Hall–Kier alpha value is -4.08. The molecule has 1 aliphatic rings. The molecule has 0 spiro atoms. The first-order chi connectivity index (χ1) is 18.2. The van der Waals surface area contributed by atoms with Crippen molar-refractivity contribution in [1.29, 1.82) is 0 Å². The van der Waals surface area contributed by atoms with Gasteiger partial charge in [-0.3, -0.25) is 4.79 Å². The quantitative estimate of drug-likeness (QED) is 0.379. The number of carbonyl (C=O) groups is 1. The van der Waals surface area contributed by atoms with E-state index in [0.29, 0.717) is 41.5 Å². The molecule has 0 aliphatic carbocycles. The molecule has 202 valence electrons.